The lowest BCUT2D eigenvalue weighted by Gasteiger charge is -2.41. The van der Waals surface area contributed by atoms with Crippen molar-refractivity contribution in [3.63, 3.8) is 0 Å². The van der Waals surface area contributed by atoms with Crippen LogP contribution in [0.3, 0.4) is 0 Å². The van der Waals surface area contributed by atoms with Crippen LogP contribution in [0.1, 0.15) is 30.0 Å². The Labute approximate surface area is 117 Å². The van der Waals surface area contributed by atoms with Crippen molar-refractivity contribution in [2.75, 3.05) is 26.7 Å². The molecule has 2 atom stereocenters. The van der Waals surface area contributed by atoms with E-state index >= 15 is 0 Å². The van der Waals surface area contributed by atoms with E-state index in [1.807, 2.05) is 0 Å². The average Bonchev–Trinajstić information content (AvgIpc) is 2.46. The van der Waals surface area contributed by atoms with Gasteiger partial charge in [0.05, 0.1) is 0 Å². The van der Waals surface area contributed by atoms with Gasteiger partial charge in [0.25, 0.3) is 0 Å². The number of likely N-dealkylation sites (N-methyl/N-ethyl adjacent to an activating group) is 1. The highest BCUT2D eigenvalue weighted by molar-refractivity contribution is 5.37. The molecule has 2 aliphatic rings. The minimum atomic E-state index is 0.729. The summed E-state index contributed by atoms with van der Waals surface area (Å²) in [6.07, 6.45) is 5.10. The highest BCUT2D eigenvalue weighted by atomic mass is 15.2. The SMILES string of the molecule is CCc1cccc2c1CC(C1CNCCN1C)CC2. The molecule has 2 heteroatoms. The Kier molecular flexibility index (Phi) is 3.90. The van der Waals surface area contributed by atoms with Crippen LogP contribution in [-0.4, -0.2) is 37.6 Å². The van der Waals surface area contributed by atoms with E-state index in [-0.39, 0.29) is 0 Å². The summed E-state index contributed by atoms with van der Waals surface area (Å²) in [5.41, 5.74) is 4.86. The van der Waals surface area contributed by atoms with Gasteiger partial charge in [-0.3, -0.25) is 0 Å². The molecule has 1 aliphatic carbocycles. The Morgan fingerprint density at radius 1 is 1.37 bits per heavy atom. The summed E-state index contributed by atoms with van der Waals surface area (Å²) in [6, 6.07) is 7.64. The van der Waals surface area contributed by atoms with Gasteiger partial charge >= 0.3 is 0 Å². The summed E-state index contributed by atoms with van der Waals surface area (Å²) in [4.78, 5) is 2.57. The number of benzene rings is 1. The molecule has 1 aromatic carbocycles. The molecule has 0 amide bonds. The van der Waals surface area contributed by atoms with Crippen LogP contribution in [0, 0.1) is 5.92 Å². The summed E-state index contributed by atoms with van der Waals surface area (Å²) >= 11 is 0. The second-order valence-corrected chi connectivity index (χ2v) is 6.16. The zero-order valence-corrected chi connectivity index (χ0v) is 12.3. The first-order chi connectivity index (χ1) is 9.29. The molecule has 1 heterocycles. The quantitative estimate of drug-likeness (QED) is 0.875. The first-order valence-corrected chi connectivity index (χ1v) is 7.80. The lowest BCUT2D eigenvalue weighted by atomic mass is 9.77. The molecular weight excluding hydrogens is 232 g/mol. The van der Waals surface area contributed by atoms with Gasteiger partial charge in [0.15, 0.2) is 0 Å². The Morgan fingerprint density at radius 2 is 2.26 bits per heavy atom. The summed E-state index contributed by atoms with van der Waals surface area (Å²) in [6.45, 7) is 5.80. The number of piperazine rings is 1. The molecular formula is C17H26N2. The van der Waals surface area contributed by atoms with Gasteiger partial charge in [0.2, 0.25) is 0 Å². The van der Waals surface area contributed by atoms with Crippen molar-refractivity contribution in [3.05, 3.63) is 34.9 Å². The van der Waals surface area contributed by atoms with E-state index in [1.165, 1.54) is 38.8 Å². The first kappa shape index (κ1) is 13.1. The minimum Gasteiger partial charge on any atom is -0.314 e. The van der Waals surface area contributed by atoms with E-state index in [1.54, 1.807) is 16.7 Å². The van der Waals surface area contributed by atoms with Gasteiger partial charge in [0, 0.05) is 25.7 Å². The zero-order valence-electron chi connectivity index (χ0n) is 12.3. The standard InChI is InChI=1S/C17H26N2/c1-3-13-5-4-6-14-7-8-15(11-16(13)14)17-12-18-9-10-19(17)2/h4-6,15,17-18H,3,7-12H2,1-2H3. The van der Waals surface area contributed by atoms with Gasteiger partial charge in [-0.15, -0.1) is 0 Å². The van der Waals surface area contributed by atoms with Gasteiger partial charge in [-0.2, -0.15) is 0 Å². The average molecular weight is 258 g/mol. The van der Waals surface area contributed by atoms with Crippen LogP contribution in [0.25, 0.3) is 0 Å². The van der Waals surface area contributed by atoms with E-state index in [0.29, 0.717) is 0 Å². The van der Waals surface area contributed by atoms with Crippen LogP contribution in [0.15, 0.2) is 18.2 Å². The maximum Gasteiger partial charge on any atom is 0.0249 e. The number of rotatable bonds is 2. The highest BCUT2D eigenvalue weighted by Crippen LogP contribution is 2.32. The fraction of sp³-hybridized carbons (Fsp3) is 0.647. The fourth-order valence-electron chi connectivity index (χ4n) is 3.90. The fourth-order valence-corrected chi connectivity index (χ4v) is 3.90. The molecule has 3 rings (SSSR count). The van der Waals surface area contributed by atoms with Crippen molar-refractivity contribution in [3.8, 4) is 0 Å². The molecule has 0 aromatic heterocycles. The van der Waals surface area contributed by atoms with E-state index in [4.69, 9.17) is 0 Å². The maximum atomic E-state index is 3.57. The Bertz CT molecular complexity index is 427. The molecule has 19 heavy (non-hydrogen) atoms. The number of nitrogens with zero attached hydrogens (tertiary/aromatic N) is 1. The summed E-state index contributed by atoms with van der Waals surface area (Å²) in [5.74, 6) is 0.831. The summed E-state index contributed by atoms with van der Waals surface area (Å²) in [5, 5.41) is 3.57. The molecule has 1 N–H and O–H groups in total. The van der Waals surface area contributed by atoms with Crippen molar-refractivity contribution in [2.24, 2.45) is 5.92 Å². The van der Waals surface area contributed by atoms with E-state index in [0.717, 1.165) is 18.5 Å². The molecule has 0 radical (unpaired) electrons. The molecule has 1 saturated heterocycles. The number of hydrogen-bond donors (Lipinski definition) is 1. The molecule has 1 aromatic rings. The number of hydrogen-bond acceptors (Lipinski definition) is 2. The minimum absolute atomic E-state index is 0.729. The van der Waals surface area contributed by atoms with Crippen LogP contribution < -0.4 is 5.32 Å². The Morgan fingerprint density at radius 3 is 3.05 bits per heavy atom. The van der Waals surface area contributed by atoms with Crippen LogP contribution in [0.2, 0.25) is 0 Å². The maximum absolute atomic E-state index is 3.57. The van der Waals surface area contributed by atoms with Crippen LogP contribution >= 0.6 is 0 Å². The number of fused-ring (bicyclic) bond motifs is 1. The van der Waals surface area contributed by atoms with E-state index < -0.39 is 0 Å². The van der Waals surface area contributed by atoms with Gasteiger partial charge in [-0.25, -0.2) is 0 Å². The topological polar surface area (TPSA) is 15.3 Å². The predicted octanol–water partition coefficient (Wildman–Crippen LogP) is 2.26. The van der Waals surface area contributed by atoms with Crippen molar-refractivity contribution in [1.82, 2.24) is 10.2 Å². The predicted molar refractivity (Wildman–Crippen MR) is 80.6 cm³/mol. The lowest BCUT2D eigenvalue weighted by molar-refractivity contribution is 0.133. The normalized spacial score (nSPS) is 28.1. The highest BCUT2D eigenvalue weighted by Gasteiger charge is 2.30. The van der Waals surface area contributed by atoms with Crippen molar-refractivity contribution < 1.29 is 0 Å². The second kappa shape index (κ2) is 5.64. The Balaban J connectivity index is 1.81. The third kappa shape index (κ3) is 2.56. The van der Waals surface area contributed by atoms with Crippen LogP contribution in [0.5, 0.6) is 0 Å². The van der Waals surface area contributed by atoms with Crippen molar-refractivity contribution >= 4 is 0 Å². The largest absolute Gasteiger partial charge is 0.314 e. The second-order valence-electron chi connectivity index (χ2n) is 6.16. The number of aryl methyl sites for hydroxylation is 2. The van der Waals surface area contributed by atoms with Gasteiger partial charge in [0.1, 0.15) is 0 Å². The molecule has 2 unspecified atom stereocenters. The van der Waals surface area contributed by atoms with Crippen LogP contribution in [-0.2, 0) is 19.3 Å². The van der Waals surface area contributed by atoms with E-state index in [9.17, 15) is 0 Å². The van der Waals surface area contributed by atoms with Gasteiger partial charge in [-0.1, -0.05) is 25.1 Å². The monoisotopic (exact) mass is 258 g/mol. The summed E-state index contributed by atoms with van der Waals surface area (Å²) in [7, 11) is 2.30. The zero-order chi connectivity index (χ0) is 13.2. The first-order valence-electron chi connectivity index (χ1n) is 7.80. The molecule has 1 aliphatic heterocycles. The third-order valence-corrected chi connectivity index (χ3v) is 5.11. The van der Waals surface area contributed by atoms with Crippen LogP contribution in [0.4, 0.5) is 0 Å². The molecule has 0 saturated carbocycles. The molecule has 1 fully saturated rings. The number of nitrogens with one attached hydrogen (secondary N) is 1. The summed E-state index contributed by atoms with van der Waals surface area (Å²) < 4.78 is 0. The Hall–Kier alpha value is -0.860. The molecule has 2 nitrogen and oxygen atoms in total. The molecule has 0 bridgehead atoms. The molecule has 104 valence electrons. The van der Waals surface area contributed by atoms with Gasteiger partial charge < -0.3 is 10.2 Å². The molecule has 0 spiro atoms. The van der Waals surface area contributed by atoms with Gasteiger partial charge in [-0.05, 0) is 55.3 Å². The third-order valence-electron chi connectivity index (χ3n) is 5.11. The smallest absolute Gasteiger partial charge is 0.0249 e. The van der Waals surface area contributed by atoms with Crippen molar-refractivity contribution in [1.29, 1.82) is 0 Å². The van der Waals surface area contributed by atoms with Crippen molar-refractivity contribution in [2.45, 2.75) is 38.6 Å². The lowest BCUT2D eigenvalue weighted by Crippen LogP contribution is -2.53. The van der Waals surface area contributed by atoms with E-state index in [2.05, 4.69) is 42.4 Å².